The number of hydrogen-bond donors (Lipinski definition) is 0. The van der Waals surface area contributed by atoms with E-state index in [0.717, 1.165) is 12.8 Å². The van der Waals surface area contributed by atoms with Crippen LogP contribution in [0.3, 0.4) is 0 Å². The summed E-state index contributed by atoms with van der Waals surface area (Å²) < 4.78 is 0. The molecular formula is C5H6Na2O. The minimum atomic E-state index is 0. The zero-order valence-electron chi connectivity index (χ0n) is 5.48. The van der Waals surface area contributed by atoms with Crippen LogP contribution in [-0.2, 0) is 4.79 Å². The topological polar surface area (TPSA) is 17.1 Å². The van der Waals surface area contributed by atoms with Gasteiger partial charge in [-0.1, -0.05) is 6.08 Å². The van der Waals surface area contributed by atoms with Crippen LogP contribution in [0.1, 0.15) is 12.8 Å². The van der Waals surface area contributed by atoms with Crippen molar-refractivity contribution in [1.29, 1.82) is 0 Å². The third kappa shape index (κ3) is 4.30. The molecule has 0 spiro atoms. The minimum absolute atomic E-state index is 0. The monoisotopic (exact) mass is 128 g/mol. The van der Waals surface area contributed by atoms with E-state index in [2.05, 4.69) is 0 Å². The van der Waals surface area contributed by atoms with Crippen molar-refractivity contribution < 1.29 is 4.79 Å². The first-order valence-electron chi connectivity index (χ1n) is 2.09. The molecule has 0 aromatic rings. The molecule has 8 heavy (non-hydrogen) atoms. The SMILES string of the molecule is O=C1C=CCC1.[Na].[Na]. The fourth-order valence-electron chi connectivity index (χ4n) is 0.524. The first-order chi connectivity index (χ1) is 2.89. The molecule has 0 N–H and O–H groups in total. The number of hydrogen-bond acceptors (Lipinski definition) is 1. The van der Waals surface area contributed by atoms with Gasteiger partial charge in [0.15, 0.2) is 5.78 Å². The van der Waals surface area contributed by atoms with Gasteiger partial charge in [-0.15, -0.1) is 0 Å². The van der Waals surface area contributed by atoms with E-state index in [9.17, 15) is 4.79 Å². The molecule has 0 bridgehead atoms. The van der Waals surface area contributed by atoms with Gasteiger partial charge in [0.05, 0.1) is 0 Å². The Morgan fingerprint density at radius 3 is 2.12 bits per heavy atom. The van der Waals surface area contributed by atoms with E-state index in [1.807, 2.05) is 6.08 Å². The van der Waals surface area contributed by atoms with Crippen LogP contribution in [0.15, 0.2) is 12.2 Å². The second-order valence-corrected chi connectivity index (χ2v) is 1.41. The van der Waals surface area contributed by atoms with E-state index in [1.54, 1.807) is 6.08 Å². The predicted molar refractivity (Wildman–Crippen MR) is 34.9 cm³/mol. The average molecular weight is 128 g/mol. The molecule has 0 atom stereocenters. The van der Waals surface area contributed by atoms with Gasteiger partial charge < -0.3 is 0 Å². The molecule has 0 saturated carbocycles. The summed E-state index contributed by atoms with van der Waals surface area (Å²) in [4.78, 5) is 10.2. The largest absolute Gasteiger partial charge is 0.295 e. The van der Waals surface area contributed by atoms with E-state index in [0.29, 0.717) is 0 Å². The van der Waals surface area contributed by atoms with Crippen LogP contribution in [0.4, 0.5) is 0 Å². The van der Waals surface area contributed by atoms with Gasteiger partial charge in [-0.2, -0.15) is 0 Å². The molecule has 0 aromatic heterocycles. The molecule has 1 aliphatic carbocycles. The summed E-state index contributed by atoms with van der Waals surface area (Å²) in [6.07, 6.45) is 5.24. The number of carbonyl (C=O) groups is 1. The fraction of sp³-hybridized carbons (Fsp3) is 0.400. The van der Waals surface area contributed by atoms with E-state index in [-0.39, 0.29) is 64.9 Å². The van der Waals surface area contributed by atoms with Gasteiger partial charge in [0.25, 0.3) is 0 Å². The van der Waals surface area contributed by atoms with Gasteiger partial charge in [-0.25, -0.2) is 0 Å². The second kappa shape index (κ2) is 6.53. The van der Waals surface area contributed by atoms with Crippen molar-refractivity contribution in [2.75, 3.05) is 0 Å². The number of rotatable bonds is 0. The molecule has 2 radical (unpaired) electrons. The first-order valence-corrected chi connectivity index (χ1v) is 2.09. The Hall–Kier alpha value is 1.41. The maximum absolute atomic E-state index is 10.2. The predicted octanol–water partition coefficient (Wildman–Crippen LogP) is 0.144. The molecule has 3 heteroatoms. The summed E-state index contributed by atoms with van der Waals surface area (Å²) in [7, 11) is 0. The van der Waals surface area contributed by atoms with Crippen molar-refractivity contribution >= 4 is 64.9 Å². The Labute approximate surface area is 93.5 Å². The molecular weight excluding hydrogens is 122 g/mol. The van der Waals surface area contributed by atoms with Crippen molar-refractivity contribution in [3.05, 3.63) is 12.2 Å². The van der Waals surface area contributed by atoms with Crippen molar-refractivity contribution in [2.45, 2.75) is 12.8 Å². The summed E-state index contributed by atoms with van der Waals surface area (Å²) in [6.45, 7) is 0. The standard InChI is InChI=1S/C5H6O.2Na/c6-5-3-1-2-4-5;;/h1,3H,2,4H2;;. The number of allylic oxidation sites excluding steroid dienone is 2. The van der Waals surface area contributed by atoms with Crippen molar-refractivity contribution in [3.63, 3.8) is 0 Å². The Morgan fingerprint density at radius 1 is 1.38 bits per heavy atom. The molecule has 1 nitrogen and oxygen atoms in total. The molecule has 0 aromatic carbocycles. The third-order valence-corrected chi connectivity index (χ3v) is 0.861. The van der Waals surface area contributed by atoms with Gasteiger partial charge in [0, 0.05) is 65.5 Å². The minimum Gasteiger partial charge on any atom is -0.295 e. The molecule has 0 fully saturated rings. The van der Waals surface area contributed by atoms with Crippen LogP contribution in [-0.4, -0.2) is 64.9 Å². The Balaban J connectivity index is 0. The molecule has 0 amide bonds. The quantitative estimate of drug-likeness (QED) is 0.424. The van der Waals surface area contributed by atoms with Crippen LogP contribution < -0.4 is 0 Å². The smallest absolute Gasteiger partial charge is 0.155 e. The molecule has 0 unspecified atom stereocenters. The second-order valence-electron chi connectivity index (χ2n) is 1.41. The number of carbonyl (C=O) groups excluding carboxylic acids is 1. The fourth-order valence-corrected chi connectivity index (χ4v) is 0.524. The maximum atomic E-state index is 10.2. The summed E-state index contributed by atoms with van der Waals surface area (Å²) in [5, 5.41) is 0. The van der Waals surface area contributed by atoms with E-state index in [1.165, 1.54) is 0 Å². The normalized spacial score (nSPS) is 14.8. The Kier molecular flexibility index (Phi) is 9.89. The molecule has 1 rings (SSSR count). The first kappa shape index (κ1) is 12.1. The zero-order chi connectivity index (χ0) is 4.41. The van der Waals surface area contributed by atoms with Crippen molar-refractivity contribution in [1.82, 2.24) is 0 Å². The van der Waals surface area contributed by atoms with Crippen molar-refractivity contribution in [3.8, 4) is 0 Å². The molecule has 0 saturated heterocycles. The van der Waals surface area contributed by atoms with Gasteiger partial charge >= 0.3 is 0 Å². The van der Waals surface area contributed by atoms with E-state index < -0.39 is 0 Å². The van der Waals surface area contributed by atoms with Crippen LogP contribution >= 0.6 is 0 Å². The molecule has 1 aliphatic rings. The van der Waals surface area contributed by atoms with Crippen molar-refractivity contribution in [2.24, 2.45) is 0 Å². The number of ketones is 1. The maximum Gasteiger partial charge on any atom is 0.155 e. The van der Waals surface area contributed by atoms with Gasteiger partial charge in [-0.3, -0.25) is 4.79 Å². The van der Waals surface area contributed by atoms with E-state index >= 15 is 0 Å². The van der Waals surface area contributed by atoms with E-state index in [4.69, 9.17) is 0 Å². The molecule has 0 aliphatic heterocycles. The van der Waals surface area contributed by atoms with Crippen LogP contribution in [0, 0.1) is 0 Å². The summed E-state index contributed by atoms with van der Waals surface area (Å²) in [5.41, 5.74) is 0. The summed E-state index contributed by atoms with van der Waals surface area (Å²) in [5.74, 6) is 0.273. The van der Waals surface area contributed by atoms with Crippen LogP contribution in [0.25, 0.3) is 0 Å². The van der Waals surface area contributed by atoms with Gasteiger partial charge in [0.1, 0.15) is 0 Å². The van der Waals surface area contributed by atoms with Gasteiger partial charge in [-0.05, 0) is 12.5 Å². The Bertz CT molecular complexity index is 98.6. The van der Waals surface area contributed by atoms with Gasteiger partial charge in [0.2, 0.25) is 0 Å². The van der Waals surface area contributed by atoms with Crippen LogP contribution in [0.2, 0.25) is 0 Å². The molecule has 34 valence electrons. The average Bonchev–Trinajstić information content (AvgIpc) is 1.86. The third-order valence-electron chi connectivity index (χ3n) is 0.861. The van der Waals surface area contributed by atoms with Crippen LogP contribution in [0.5, 0.6) is 0 Å². The molecule has 0 heterocycles. The summed E-state index contributed by atoms with van der Waals surface area (Å²) >= 11 is 0. The Morgan fingerprint density at radius 2 is 2.00 bits per heavy atom. The zero-order valence-corrected chi connectivity index (χ0v) is 9.48. The summed E-state index contributed by atoms with van der Waals surface area (Å²) in [6, 6.07) is 0.